The van der Waals surface area contributed by atoms with E-state index in [2.05, 4.69) is 33.2 Å². The molecule has 2 aliphatic heterocycles. The molecule has 1 amide bonds. The van der Waals surface area contributed by atoms with E-state index in [1.54, 1.807) is 0 Å². The van der Waals surface area contributed by atoms with Crippen LogP contribution in [0.4, 0.5) is 5.69 Å². The molecule has 1 N–H and O–H groups in total. The van der Waals surface area contributed by atoms with E-state index in [9.17, 15) is 4.79 Å². The van der Waals surface area contributed by atoms with Crippen LogP contribution in [0, 0.1) is 5.92 Å². The van der Waals surface area contributed by atoms with Crippen molar-refractivity contribution in [2.75, 3.05) is 31.3 Å². The van der Waals surface area contributed by atoms with Gasteiger partial charge in [-0.25, -0.2) is 4.98 Å². The summed E-state index contributed by atoms with van der Waals surface area (Å²) in [7, 11) is 0. The molecule has 3 aromatic heterocycles. The number of nitrogens with one attached hydrogen (secondary N) is 1. The molecule has 0 radical (unpaired) electrons. The molecule has 7 nitrogen and oxygen atoms in total. The minimum Gasteiger partial charge on any atom is -0.381 e. The van der Waals surface area contributed by atoms with Gasteiger partial charge in [0.15, 0.2) is 0 Å². The minimum absolute atomic E-state index is 0.140. The second kappa shape index (κ2) is 8.16. The molecule has 1 fully saturated rings. The number of hydrogen-bond acceptors (Lipinski definition) is 5. The van der Waals surface area contributed by atoms with Gasteiger partial charge >= 0.3 is 0 Å². The summed E-state index contributed by atoms with van der Waals surface area (Å²) in [4.78, 5) is 27.0. The van der Waals surface area contributed by atoms with Gasteiger partial charge in [0.2, 0.25) is 5.91 Å². The van der Waals surface area contributed by atoms with Gasteiger partial charge in [0, 0.05) is 61.0 Å². The molecule has 2 aliphatic rings. The number of fused-ring (bicyclic) bond motifs is 2. The maximum absolute atomic E-state index is 12.6. The first-order chi connectivity index (χ1) is 14.7. The molecule has 5 rings (SSSR count). The van der Waals surface area contributed by atoms with E-state index in [-0.39, 0.29) is 5.91 Å². The van der Waals surface area contributed by atoms with Crippen LogP contribution in [0.25, 0.3) is 22.2 Å². The predicted molar refractivity (Wildman–Crippen MR) is 114 cm³/mol. The van der Waals surface area contributed by atoms with Crippen molar-refractivity contribution in [3.05, 3.63) is 42.0 Å². The average Bonchev–Trinajstić information content (AvgIpc) is 3.32. The number of anilines is 1. The lowest BCUT2D eigenvalue weighted by molar-refractivity contribution is -0.117. The highest BCUT2D eigenvalue weighted by molar-refractivity contribution is 6.01. The molecule has 7 heteroatoms. The van der Waals surface area contributed by atoms with Crippen LogP contribution in [-0.4, -0.2) is 47.2 Å². The number of rotatable bonds is 6. The highest BCUT2D eigenvalue weighted by Crippen LogP contribution is 2.34. The van der Waals surface area contributed by atoms with E-state index in [0.29, 0.717) is 25.6 Å². The van der Waals surface area contributed by atoms with Crippen molar-refractivity contribution in [3.8, 4) is 11.1 Å². The molecule has 0 unspecified atom stereocenters. The zero-order chi connectivity index (χ0) is 20.5. The van der Waals surface area contributed by atoms with Crippen molar-refractivity contribution in [2.45, 2.75) is 32.8 Å². The third kappa shape index (κ3) is 3.70. The van der Waals surface area contributed by atoms with Gasteiger partial charge in [-0.3, -0.25) is 9.78 Å². The molecule has 0 spiro atoms. The SMILES string of the molecule is CCOCc1cc2cc(-c3cnc4c(c3)N(CC3CCOCC3)C(=O)C4)cnc2[nH]1. The van der Waals surface area contributed by atoms with E-state index in [0.717, 1.165) is 71.8 Å². The fraction of sp³-hybridized carbons (Fsp3) is 0.435. The summed E-state index contributed by atoms with van der Waals surface area (Å²) < 4.78 is 10.9. The van der Waals surface area contributed by atoms with Crippen molar-refractivity contribution in [3.63, 3.8) is 0 Å². The number of amides is 1. The number of aromatic amines is 1. The third-order valence-corrected chi connectivity index (χ3v) is 5.96. The Kier molecular flexibility index (Phi) is 5.23. The Morgan fingerprint density at radius 2 is 1.97 bits per heavy atom. The van der Waals surface area contributed by atoms with Crippen LogP contribution in [0.15, 0.2) is 30.6 Å². The molecule has 156 valence electrons. The lowest BCUT2D eigenvalue weighted by Gasteiger charge is -2.27. The fourth-order valence-corrected chi connectivity index (χ4v) is 4.29. The van der Waals surface area contributed by atoms with Gasteiger partial charge in [0.25, 0.3) is 0 Å². The summed E-state index contributed by atoms with van der Waals surface area (Å²) in [5.74, 6) is 0.625. The number of aromatic nitrogens is 3. The summed E-state index contributed by atoms with van der Waals surface area (Å²) in [6.45, 7) is 5.52. The van der Waals surface area contributed by atoms with Gasteiger partial charge in [-0.15, -0.1) is 0 Å². The first kappa shape index (κ1) is 19.2. The molecule has 0 atom stereocenters. The second-order valence-corrected chi connectivity index (χ2v) is 8.02. The van der Waals surface area contributed by atoms with Gasteiger partial charge in [-0.1, -0.05) is 0 Å². The van der Waals surface area contributed by atoms with Crippen molar-refractivity contribution in [1.82, 2.24) is 15.0 Å². The lowest BCUT2D eigenvalue weighted by Crippen LogP contribution is -2.34. The van der Waals surface area contributed by atoms with Crippen molar-refractivity contribution in [1.29, 1.82) is 0 Å². The van der Waals surface area contributed by atoms with Crippen LogP contribution in [0.2, 0.25) is 0 Å². The Hall–Kier alpha value is -2.77. The van der Waals surface area contributed by atoms with Crippen molar-refractivity contribution in [2.24, 2.45) is 5.92 Å². The molecule has 0 saturated carbocycles. The van der Waals surface area contributed by atoms with Gasteiger partial charge in [-0.05, 0) is 43.9 Å². The number of nitrogens with zero attached hydrogens (tertiary/aromatic N) is 3. The van der Waals surface area contributed by atoms with Crippen LogP contribution in [-0.2, 0) is 27.3 Å². The Balaban J connectivity index is 1.42. The summed E-state index contributed by atoms with van der Waals surface area (Å²) >= 11 is 0. The molecule has 5 heterocycles. The summed E-state index contributed by atoms with van der Waals surface area (Å²) in [5.41, 5.74) is 5.63. The molecule has 0 aliphatic carbocycles. The molecule has 1 saturated heterocycles. The van der Waals surface area contributed by atoms with Crippen LogP contribution in [0.1, 0.15) is 31.2 Å². The monoisotopic (exact) mass is 406 g/mol. The Morgan fingerprint density at radius 3 is 2.80 bits per heavy atom. The smallest absolute Gasteiger partial charge is 0.233 e. The minimum atomic E-state index is 0.140. The van der Waals surface area contributed by atoms with E-state index in [1.807, 2.05) is 24.2 Å². The van der Waals surface area contributed by atoms with E-state index in [1.165, 1.54) is 0 Å². The number of H-pyrrole nitrogens is 1. The van der Waals surface area contributed by atoms with Gasteiger partial charge in [0.05, 0.1) is 24.4 Å². The van der Waals surface area contributed by atoms with Crippen molar-refractivity contribution < 1.29 is 14.3 Å². The number of carbonyl (C=O) groups excluding carboxylic acids is 1. The summed E-state index contributed by atoms with van der Waals surface area (Å²) in [5, 5.41) is 1.04. The molecule has 0 bridgehead atoms. The van der Waals surface area contributed by atoms with Crippen LogP contribution < -0.4 is 4.90 Å². The standard InChI is InChI=1S/C23H26N4O3/c1-2-29-14-19-8-16-7-17(12-25-23(16)26-19)18-9-21-20(24-11-18)10-22(28)27(21)13-15-3-5-30-6-4-15/h7-9,11-12,15H,2-6,10,13-14H2,1H3,(H,25,26). The fourth-order valence-electron chi connectivity index (χ4n) is 4.29. The Labute approximate surface area is 175 Å². The topological polar surface area (TPSA) is 80.3 Å². The average molecular weight is 406 g/mol. The maximum atomic E-state index is 12.6. The van der Waals surface area contributed by atoms with Crippen molar-refractivity contribution >= 4 is 22.6 Å². The highest BCUT2D eigenvalue weighted by atomic mass is 16.5. The number of carbonyl (C=O) groups is 1. The first-order valence-corrected chi connectivity index (χ1v) is 10.6. The van der Waals surface area contributed by atoms with Crippen LogP contribution >= 0.6 is 0 Å². The quantitative estimate of drug-likeness (QED) is 0.678. The molecular weight excluding hydrogens is 380 g/mol. The van der Waals surface area contributed by atoms with Crippen LogP contribution in [0.3, 0.4) is 0 Å². The van der Waals surface area contributed by atoms with E-state index < -0.39 is 0 Å². The Morgan fingerprint density at radius 1 is 1.17 bits per heavy atom. The molecule has 0 aromatic carbocycles. The third-order valence-electron chi connectivity index (χ3n) is 5.96. The van der Waals surface area contributed by atoms with E-state index >= 15 is 0 Å². The first-order valence-electron chi connectivity index (χ1n) is 10.6. The van der Waals surface area contributed by atoms with E-state index in [4.69, 9.17) is 9.47 Å². The van der Waals surface area contributed by atoms with Gasteiger partial charge in [-0.2, -0.15) is 0 Å². The Bertz CT molecular complexity index is 1070. The lowest BCUT2D eigenvalue weighted by atomic mass is 9.99. The summed E-state index contributed by atoms with van der Waals surface area (Å²) in [6.07, 6.45) is 6.09. The van der Waals surface area contributed by atoms with Gasteiger partial charge in [0.1, 0.15) is 5.65 Å². The van der Waals surface area contributed by atoms with Crippen LogP contribution in [0.5, 0.6) is 0 Å². The second-order valence-electron chi connectivity index (χ2n) is 8.02. The normalized spacial score (nSPS) is 17.1. The highest BCUT2D eigenvalue weighted by Gasteiger charge is 2.31. The molecule has 30 heavy (non-hydrogen) atoms. The number of ether oxygens (including phenoxy) is 2. The molecule has 3 aromatic rings. The zero-order valence-corrected chi connectivity index (χ0v) is 17.2. The zero-order valence-electron chi connectivity index (χ0n) is 17.2. The number of pyridine rings is 2. The number of hydrogen-bond donors (Lipinski definition) is 1. The molecular formula is C23H26N4O3. The largest absolute Gasteiger partial charge is 0.381 e. The summed E-state index contributed by atoms with van der Waals surface area (Å²) in [6, 6.07) is 6.27. The predicted octanol–water partition coefficient (Wildman–Crippen LogP) is 3.48. The van der Waals surface area contributed by atoms with Gasteiger partial charge < -0.3 is 19.4 Å². The maximum Gasteiger partial charge on any atom is 0.233 e.